The smallest absolute Gasteiger partial charge is 0.191 e. The third kappa shape index (κ3) is 4.67. The fraction of sp³-hybridized carbons (Fsp3) is 0.412. The fourth-order valence-corrected chi connectivity index (χ4v) is 3.79. The molecule has 1 saturated heterocycles. The first kappa shape index (κ1) is 19.8. The fourth-order valence-electron chi connectivity index (χ4n) is 3.09. The summed E-state index contributed by atoms with van der Waals surface area (Å²) in [6.07, 6.45) is 5.57. The predicted octanol–water partition coefficient (Wildman–Crippen LogP) is 1.87. The standard InChI is InChI=1S/C17H22N8S.HI/c18-16(23-9-11-24(12-10-23)17-20-7-13-26-17)19-6-3-5-15-22-21-14-4-1-2-8-25(14)15;/h1-2,4,7-8,13H,3,5-6,9-12H2,(H2,18,19);1H. The van der Waals surface area contributed by atoms with Crippen molar-refractivity contribution in [3.05, 3.63) is 41.8 Å². The van der Waals surface area contributed by atoms with E-state index in [4.69, 9.17) is 5.73 Å². The number of piperazine rings is 1. The Bertz CT molecular complexity index is 870. The maximum atomic E-state index is 6.17. The second kappa shape index (κ2) is 9.31. The van der Waals surface area contributed by atoms with Crippen LogP contribution in [-0.4, -0.2) is 63.2 Å². The molecule has 0 spiro atoms. The maximum absolute atomic E-state index is 6.17. The quantitative estimate of drug-likeness (QED) is 0.250. The highest BCUT2D eigenvalue weighted by Crippen LogP contribution is 2.18. The van der Waals surface area contributed by atoms with Gasteiger partial charge in [-0.05, 0) is 18.6 Å². The van der Waals surface area contributed by atoms with Crippen molar-refractivity contribution in [2.45, 2.75) is 12.8 Å². The largest absolute Gasteiger partial charge is 0.370 e. The van der Waals surface area contributed by atoms with E-state index in [2.05, 4.69) is 30.0 Å². The molecule has 0 unspecified atom stereocenters. The van der Waals surface area contributed by atoms with E-state index in [-0.39, 0.29) is 24.0 Å². The van der Waals surface area contributed by atoms with Crippen molar-refractivity contribution >= 4 is 52.1 Å². The maximum Gasteiger partial charge on any atom is 0.191 e. The van der Waals surface area contributed by atoms with Gasteiger partial charge in [0.25, 0.3) is 0 Å². The Morgan fingerprint density at radius 1 is 1.19 bits per heavy atom. The molecule has 144 valence electrons. The van der Waals surface area contributed by atoms with Crippen molar-refractivity contribution in [3.63, 3.8) is 0 Å². The molecule has 3 aromatic heterocycles. The highest BCUT2D eigenvalue weighted by atomic mass is 127. The van der Waals surface area contributed by atoms with Gasteiger partial charge in [-0.1, -0.05) is 6.07 Å². The summed E-state index contributed by atoms with van der Waals surface area (Å²) < 4.78 is 2.02. The first-order chi connectivity index (χ1) is 12.8. The van der Waals surface area contributed by atoms with Crippen molar-refractivity contribution in [3.8, 4) is 0 Å². The minimum Gasteiger partial charge on any atom is -0.370 e. The van der Waals surface area contributed by atoms with Crippen LogP contribution in [0.4, 0.5) is 5.13 Å². The lowest BCUT2D eigenvalue weighted by Gasteiger charge is -2.35. The van der Waals surface area contributed by atoms with Crippen LogP contribution < -0.4 is 10.6 Å². The number of aryl methyl sites for hydroxylation is 1. The van der Waals surface area contributed by atoms with Gasteiger partial charge in [-0.15, -0.1) is 45.5 Å². The number of pyridine rings is 1. The Morgan fingerprint density at radius 2 is 2.04 bits per heavy atom. The SMILES string of the molecule is I.NC(=NCCCc1nnc2ccccn12)N1CCN(c2nccs2)CC1. The number of nitrogens with zero attached hydrogens (tertiary/aromatic N) is 7. The number of halogens is 1. The van der Waals surface area contributed by atoms with Crippen LogP contribution >= 0.6 is 35.3 Å². The minimum atomic E-state index is 0. The Hall–Kier alpha value is -1.95. The number of hydrogen-bond acceptors (Lipinski definition) is 6. The lowest BCUT2D eigenvalue weighted by molar-refractivity contribution is 0.380. The molecule has 0 saturated carbocycles. The summed E-state index contributed by atoms with van der Waals surface area (Å²) in [5.41, 5.74) is 7.05. The van der Waals surface area contributed by atoms with Crippen molar-refractivity contribution in [2.24, 2.45) is 10.7 Å². The Kier molecular flexibility index (Phi) is 6.83. The van der Waals surface area contributed by atoms with E-state index in [0.29, 0.717) is 12.5 Å². The summed E-state index contributed by atoms with van der Waals surface area (Å²) in [5, 5.41) is 11.5. The van der Waals surface area contributed by atoms with Crippen LogP contribution in [0.25, 0.3) is 5.65 Å². The van der Waals surface area contributed by atoms with Gasteiger partial charge in [0.2, 0.25) is 0 Å². The van der Waals surface area contributed by atoms with Gasteiger partial charge < -0.3 is 15.5 Å². The van der Waals surface area contributed by atoms with Gasteiger partial charge in [-0.3, -0.25) is 9.39 Å². The highest BCUT2D eigenvalue weighted by molar-refractivity contribution is 14.0. The topological polar surface area (TPSA) is 87.9 Å². The van der Waals surface area contributed by atoms with Crippen LogP contribution in [0.1, 0.15) is 12.2 Å². The molecule has 1 aliphatic heterocycles. The zero-order valence-electron chi connectivity index (χ0n) is 14.9. The van der Waals surface area contributed by atoms with Crippen LogP contribution in [-0.2, 0) is 6.42 Å². The summed E-state index contributed by atoms with van der Waals surface area (Å²) in [4.78, 5) is 13.4. The van der Waals surface area contributed by atoms with Gasteiger partial charge in [-0.25, -0.2) is 4.98 Å². The summed E-state index contributed by atoms with van der Waals surface area (Å²) >= 11 is 1.68. The second-order valence-electron chi connectivity index (χ2n) is 6.18. The molecule has 8 nitrogen and oxygen atoms in total. The Labute approximate surface area is 179 Å². The van der Waals surface area contributed by atoms with Crippen LogP contribution in [0.2, 0.25) is 0 Å². The predicted molar refractivity (Wildman–Crippen MR) is 119 cm³/mol. The normalized spacial score (nSPS) is 15.2. The summed E-state index contributed by atoms with van der Waals surface area (Å²) in [6.45, 7) is 4.30. The molecule has 27 heavy (non-hydrogen) atoms. The molecule has 1 aliphatic rings. The van der Waals surface area contributed by atoms with Gasteiger partial charge in [0, 0.05) is 56.9 Å². The van der Waals surface area contributed by atoms with Gasteiger partial charge in [0.1, 0.15) is 5.82 Å². The van der Waals surface area contributed by atoms with E-state index in [1.54, 1.807) is 11.3 Å². The number of guanidine groups is 1. The molecule has 4 rings (SSSR count). The van der Waals surface area contributed by atoms with Crippen molar-refractivity contribution in [1.29, 1.82) is 0 Å². The average molecular weight is 498 g/mol. The Morgan fingerprint density at radius 3 is 2.81 bits per heavy atom. The molecule has 0 atom stereocenters. The molecule has 4 heterocycles. The Balaban J connectivity index is 0.00000210. The van der Waals surface area contributed by atoms with Crippen LogP contribution in [0.5, 0.6) is 0 Å². The third-order valence-electron chi connectivity index (χ3n) is 4.51. The molecule has 0 amide bonds. The zero-order valence-corrected chi connectivity index (χ0v) is 18.1. The van der Waals surface area contributed by atoms with Crippen LogP contribution in [0, 0.1) is 0 Å². The number of anilines is 1. The molecule has 0 aromatic carbocycles. The molecule has 0 radical (unpaired) electrons. The number of rotatable bonds is 5. The lowest BCUT2D eigenvalue weighted by Crippen LogP contribution is -2.51. The number of hydrogen-bond donors (Lipinski definition) is 1. The molecule has 3 aromatic rings. The monoisotopic (exact) mass is 498 g/mol. The van der Waals surface area contributed by atoms with Gasteiger partial charge in [0.15, 0.2) is 16.7 Å². The van der Waals surface area contributed by atoms with Gasteiger partial charge >= 0.3 is 0 Å². The second-order valence-corrected chi connectivity index (χ2v) is 7.05. The molecule has 0 aliphatic carbocycles. The molecular weight excluding hydrogens is 475 g/mol. The highest BCUT2D eigenvalue weighted by Gasteiger charge is 2.19. The van der Waals surface area contributed by atoms with Gasteiger partial charge in [0.05, 0.1) is 0 Å². The lowest BCUT2D eigenvalue weighted by atomic mass is 10.3. The summed E-state index contributed by atoms with van der Waals surface area (Å²) in [6, 6.07) is 5.91. The van der Waals surface area contributed by atoms with Crippen molar-refractivity contribution < 1.29 is 0 Å². The number of nitrogens with two attached hydrogens (primary N) is 1. The summed E-state index contributed by atoms with van der Waals surface area (Å²) in [7, 11) is 0. The number of thiazole rings is 1. The number of fused-ring (bicyclic) bond motifs is 1. The van der Waals surface area contributed by atoms with E-state index in [9.17, 15) is 0 Å². The van der Waals surface area contributed by atoms with Crippen molar-refractivity contribution in [1.82, 2.24) is 24.5 Å². The van der Waals surface area contributed by atoms with Crippen LogP contribution in [0.15, 0.2) is 41.0 Å². The first-order valence-corrected chi connectivity index (χ1v) is 9.67. The van der Waals surface area contributed by atoms with E-state index in [0.717, 1.165) is 55.6 Å². The van der Waals surface area contributed by atoms with E-state index >= 15 is 0 Å². The van der Waals surface area contributed by atoms with E-state index in [1.165, 1.54) is 0 Å². The van der Waals surface area contributed by atoms with Crippen molar-refractivity contribution in [2.75, 3.05) is 37.6 Å². The molecule has 10 heteroatoms. The van der Waals surface area contributed by atoms with E-state index < -0.39 is 0 Å². The van der Waals surface area contributed by atoms with Crippen LogP contribution in [0.3, 0.4) is 0 Å². The first-order valence-electron chi connectivity index (χ1n) is 8.79. The molecule has 1 fully saturated rings. The summed E-state index contributed by atoms with van der Waals surface area (Å²) in [5.74, 6) is 1.60. The van der Waals surface area contributed by atoms with Gasteiger partial charge in [-0.2, -0.15) is 0 Å². The molecule has 2 N–H and O–H groups in total. The molecule has 0 bridgehead atoms. The molecular formula is C17H23IN8S. The zero-order chi connectivity index (χ0) is 17.8. The average Bonchev–Trinajstić information content (AvgIpc) is 3.35. The number of aromatic nitrogens is 4. The third-order valence-corrected chi connectivity index (χ3v) is 5.34. The number of aliphatic imine (C=N–C) groups is 1. The van der Waals surface area contributed by atoms with E-state index in [1.807, 2.05) is 40.4 Å². The minimum absolute atomic E-state index is 0.